The van der Waals surface area contributed by atoms with E-state index in [4.69, 9.17) is 5.11 Å². The number of hydrogen-bond donors (Lipinski definition) is 1. The minimum absolute atomic E-state index is 0. The van der Waals surface area contributed by atoms with E-state index in [1.807, 2.05) is 0 Å². The van der Waals surface area contributed by atoms with Crippen LogP contribution in [0.15, 0.2) is 0 Å². The van der Waals surface area contributed by atoms with Crippen LogP contribution in [0.5, 0.6) is 0 Å². The molecule has 0 atom stereocenters. The first-order valence-corrected chi connectivity index (χ1v) is 11.0. The molecule has 0 aromatic rings. The van der Waals surface area contributed by atoms with Crippen LogP contribution >= 0.6 is 0 Å². The molecule has 0 amide bonds. The molecule has 3 heteroatoms. The Labute approximate surface area is 198 Å². The molecule has 0 aromatic heterocycles. The minimum atomic E-state index is -0.651. The summed E-state index contributed by atoms with van der Waals surface area (Å²) in [7, 11) is 0. The Morgan fingerprint density at radius 3 is 1.00 bits per heavy atom. The summed E-state index contributed by atoms with van der Waals surface area (Å²) in [5.74, 6) is -0.651. The number of rotatable bonds is 20. The standard InChI is InChI=1S/C22H44O2.Ba.2H/c1-2-3-4-5-6-7-8-9-10-11-12-13-14-15-16-17-18-19-20-21-22(23)24;;;/h2-21H2,1H3,(H,23,24);;;. The summed E-state index contributed by atoms with van der Waals surface area (Å²) >= 11 is 0. The van der Waals surface area contributed by atoms with Gasteiger partial charge in [-0.2, -0.15) is 0 Å². The fourth-order valence-electron chi connectivity index (χ4n) is 3.35. The van der Waals surface area contributed by atoms with Gasteiger partial charge in [-0.3, -0.25) is 4.79 Å². The Balaban J connectivity index is 0. The van der Waals surface area contributed by atoms with Crippen LogP contribution in [0.4, 0.5) is 0 Å². The van der Waals surface area contributed by atoms with E-state index < -0.39 is 5.97 Å². The van der Waals surface area contributed by atoms with E-state index in [0.29, 0.717) is 6.42 Å². The summed E-state index contributed by atoms with van der Waals surface area (Å²) < 4.78 is 0. The van der Waals surface area contributed by atoms with Crippen LogP contribution < -0.4 is 0 Å². The Morgan fingerprint density at radius 2 is 0.760 bits per heavy atom. The zero-order valence-corrected chi connectivity index (χ0v) is 16.5. The van der Waals surface area contributed by atoms with Gasteiger partial charge in [0.1, 0.15) is 0 Å². The van der Waals surface area contributed by atoms with Crippen molar-refractivity contribution in [2.24, 2.45) is 0 Å². The molecule has 1 N–H and O–H groups in total. The summed E-state index contributed by atoms with van der Waals surface area (Å²) in [6.07, 6.45) is 26.1. The predicted molar refractivity (Wildman–Crippen MR) is 114 cm³/mol. The fraction of sp³-hybridized carbons (Fsp3) is 0.955. The summed E-state index contributed by atoms with van der Waals surface area (Å²) in [6, 6.07) is 0. The molecule has 0 heterocycles. The van der Waals surface area contributed by atoms with Crippen LogP contribution in [0.1, 0.15) is 135 Å². The van der Waals surface area contributed by atoms with E-state index in [1.54, 1.807) is 0 Å². The summed E-state index contributed by atoms with van der Waals surface area (Å²) in [5, 5.41) is 8.56. The number of carboxylic acid groups (broad SMARTS) is 1. The molecular weight excluding hydrogens is 434 g/mol. The van der Waals surface area contributed by atoms with E-state index in [1.165, 1.54) is 109 Å². The van der Waals surface area contributed by atoms with E-state index in [9.17, 15) is 4.79 Å². The molecule has 0 radical (unpaired) electrons. The van der Waals surface area contributed by atoms with Crippen molar-refractivity contribution in [2.45, 2.75) is 135 Å². The van der Waals surface area contributed by atoms with Crippen molar-refractivity contribution >= 4 is 54.9 Å². The number of carboxylic acids is 1. The van der Waals surface area contributed by atoms with Gasteiger partial charge in [0.15, 0.2) is 0 Å². The topological polar surface area (TPSA) is 37.3 Å². The Kier molecular flexibility index (Phi) is 28.3. The predicted octanol–water partition coefficient (Wildman–Crippen LogP) is 6.98. The van der Waals surface area contributed by atoms with Crippen LogP contribution in [0.2, 0.25) is 0 Å². The van der Waals surface area contributed by atoms with Crippen LogP contribution in [-0.2, 0) is 4.79 Å². The molecule has 0 aromatic carbocycles. The molecule has 0 unspecified atom stereocenters. The van der Waals surface area contributed by atoms with E-state index in [0.717, 1.165) is 12.8 Å². The molecule has 0 rings (SSSR count). The molecule has 0 aliphatic carbocycles. The first-order valence-electron chi connectivity index (χ1n) is 11.0. The Hall–Kier alpha value is 1.04. The van der Waals surface area contributed by atoms with E-state index in [2.05, 4.69) is 6.92 Å². The maximum absolute atomic E-state index is 10.4. The van der Waals surface area contributed by atoms with Gasteiger partial charge in [0, 0.05) is 6.42 Å². The summed E-state index contributed by atoms with van der Waals surface area (Å²) in [4.78, 5) is 10.4. The zero-order chi connectivity index (χ0) is 17.7. The molecule has 0 fully saturated rings. The van der Waals surface area contributed by atoms with E-state index >= 15 is 0 Å². The van der Waals surface area contributed by atoms with Gasteiger partial charge in [-0.05, 0) is 6.42 Å². The second-order valence-electron chi connectivity index (χ2n) is 7.51. The normalized spacial score (nSPS) is 10.6. The van der Waals surface area contributed by atoms with Crippen LogP contribution in [0.25, 0.3) is 0 Å². The van der Waals surface area contributed by atoms with Gasteiger partial charge in [-0.15, -0.1) is 0 Å². The molecule has 0 saturated carbocycles. The van der Waals surface area contributed by atoms with Crippen molar-refractivity contribution < 1.29 is 9.90 Å². The second-order valence-corrected chi connectivity index (χ2v) is 7.51. The molecule has 0 bridgehead atoms. The molecule has 148 valence electrons. The zero-order valence-electron chi connectivity index (χ0n) is 16.5. The third-order valence-electron chi connectivity index (χ3n) is 4.99. The van der Waals surface area contributed by atoms with Gasteiger partial charge >= 0.3 is 54.9 Å². The molecular formula is C22H46BaO2. The third-order valence-corrected chi connectivity index (χ3v) is 4.99. The molecule has 0 saturated heterocycles. The number of hydrogen-bond acceptors (Lipinski definition) is 1. The van der Waals surface area contributed by atoms with Gasteiger partial charge in [-0.25, -0.2) is 0 Å². The van der Waals surface area contributed by atoms with Gasteiger partial charge in [0.2, 0.25) is 0 Å². The quantitative estimate of drug-likeness (QED) is 0.151. The first-order chi connectivity index (χ1) is 11.8. The van der Waals surface area contributed by atoms with Crippen molar-refractivity contribution in [1.29, 1.82) is 0 Å². The van der Waals surface area contributed by atoms with Crippen molar-refractivity contribution in [3.8, 4) is 0 Å². The number of unbranched alkanes of at least 4 members (excludes halogenated alkanes) is 18. The molecule has 25 heavy (non-hydrogen) atoms. The van der Waals surface area contributed by atoms with Gasteiger partial charge in [0.05, 0.1) is 0 Å². The van der Waals surface area contributed by atoms with Crippen molar-refractivity contribution in [3.05, 3.63) is 0 Å². The maximum atomic E-state index is 10.4. The van der Waals surface area contributed by atoms with Gasteiger partial charge in [-0.1, -0.05) is 122 Å². The first kappa shape index (κ1) is 28.3. The average Bonchev–Trinajstić information content (AvgIpc) is 2.56. The van der Waals surface area contributed by atoms with Crippen LogP contribution in [-0.4, -0.2) is 60.0 Å². The monoisotopic (exact) mass is 480 g/mol. The second kappa shape index (κ2) is 25.0. The van der Waals surface area contributed by atoms with Crippen molar-refractivity contribution in [1.82, 2.24) is 0 Å². The Bertz CT molecular complexity index is 256. The van der Waals surface area contributed by atoms with Gasteiger partial charge < -0.3 is 5.11 Å². The molecule has 0 spiro atoms. The summed E-state index contributed by atoms with van der Waals surface area (Å²) in [5.41, 5.74) is 0. The number of carbonyl (C=O) groups is 1. The van der Waals surface area contributed by atoms with Gasteiger partial charge in [0.25, 0.3) is 0 Å². The van der Waals surface area contributed by atoms with Crippen LogP contribution in [0.3, 0.4) is 0 Å². The van der Waals surface area contributed by atoms with E-state index in [-0.39, 0.29) is 48.9 Å². The fourth-order valence-corrected chi connectivity index (χ4v) is 3.35. The average molecular weight is 480 g/mol. The SMILES string of the molecule is CCCCCCCCCCCCCCCCCCCCCC(=O)O.[BaH2]. The number of aliphatic carboxylic acids is 1. The Morgan fingerprint density at radius 1 is 0.520 bits per heavy atom. The molecule has 0 aliphatic heterocycles. The van der Waals surface area contributed by atoms with Crippen molar-refractivity contribution in [3.63, 3.8) is 0 Å². The van der Waals surface area contributed by atoms with Crippen LogP contribution in [0, 0.1) is 0 Å². The molecule has 2 nitrogen and oxygen atoms in total. The summed E-state index contributed by atoms with van der Waals surface area (Å²) in [6.45, 7) is 2.28. The molecule has 0 aliphatic rings. The van der Waals surface area contributed by atoms with Crippen molar-refractivity contribution in [2.75, 3.05) is 0 Å². The third kappa shape index (κ3) is 27.4.